The van der Waals surface area contributed by atoms with Crippen LogP contribution in [0.2, 0.25) is 0 Å². The molecule has 1 atom stereocenters. The van der Waals surface area contributed by atoms with Crippen molar-refractivity contribution in [3.8, 4) is 0 Å². The molecule has 0 heterocycles. The van der Waals surface area contributed by atoms with Gasteiger partial charge in [-0.05, 0) is 18.4 Å². The Hall–Kier alpha value is -1.31. The maximum Gasteiger partial charge on any atom is 0.220 e. The molecule has 0 saturated carbocycles. The molecule has 82 valence electrons. The van der Waals surface area contributed by atoms with Crippen molar-refractivity contribution >= 4 is 5.91 Å². The fourth-order valence-corrected chi connectivity index (χ4v) is 1.69. The van der Waals surface area contributed by atoms with Crippen LogP contribution in [-0.2, 0) is 11.2 Å². The number of unbranched alkanes of at least 4 members (excludes halogenated alkanes) is 1. The Morgan fingerprint density at radius 2 is 2.00 bits per heavy atom. The zero-order valence-corrected chi connectivity index (χ0v) is 9.28. The number of nitrogens with two attached hydrogens (primary N) is 1. The highest BCUT2D eigenvalue weighted by atomic mass is 16.1. The molecule has 0 aromatic heterocycles. The zero-order valence-electron chi connectivity index (χ0n) is 9.28. The minimum atomic E-state index is -0.174. The van der Waals surface area contributed by atoms with Crippen LogP contribution in [0.3, 0.4) is 0 Å². The van der Waals surface area contributed by atoms with Crippen LogP contribution in [0.25, 0.3) is 0 Å². The average Bonchev–Trinajstić information content (AvgIpc) is 2.25. The molecular formula is C13H19NO. The molecule has 0 aliphatic carbocycles. The predicted molar refractivity (Wildman–Crippen MR) is 62.4 cm³/mol. The third-order valence-corrected chi connectivity index (χ3v) is 2.63. The number of hydrogen-bond acceptors (Lipinski definition) is 1. The molecule has 0 aliphatic rings. The number of primary amides is 1. The number of hydrogen-bond donors (Lipinski definition) is 1. The third kappa shape index (κ3) is 4.15. The summed E-state index contributed by atoms with van der Waals surface area (Å²) in [7, 11) is 0. The van der Waals surface area contributed by atoms with Gasteiger partial charge in [-0.1, -0.05) is 50.1 Å². The fourth-order valence-electron chi connectivity index (χ4n) is 1.69. The van der Waals surface area contributed by atoms with Crippen molar-refractivity contribution in [1.29, 1.82) is 0 Å². The van der Waals surface area contributed by atoms with E-state index in [-0.39, 0.29) is 11.8 Å². The third-order valence-electron chi connectivity index (χ3n) is 2.63. The monoisotopic (exact) mass is 205 g/mol. The van der Waals surface area contributed by atoms with Crippen LogP contribution in [0.15, 0.2) is 30.3 Å². The summed E-state index contributed by atoms with van der Waals surface area (Å²) < 4.78 is 0. The molecular weight excluding hydrogens is 186 g/mol. The second kappa shape index (κ2) is 6.23. The lowest BCUT2D eigenvalue weighted by molar-refractivity contribution is -0.122. The van der Waals surface area contributed by atoms with Gasteiger partial charge in [-0.15, -0.1) is 0 Å². The number of carbonyl (C=O) groups excluding carboxylic acids is 1. The fraction of sp³-hybridized carbons (Fsp3) is 0.462. The SMILES string of the molecule is CCCC[C@@H](Cc1ccccc1)C(N)=O. The number of benzene rings is 1. The lowest BCUT2D eigenvalue weighted by atomic mass is 9.94. The summed E-state index contributed by atoms with van der Waals surface area (Å²) in [5.74, 6) is -0.181. The highest BCUT2D eigenvalue weighted by Crippen LogP contribution is 2.14. The minimum absolute atomic E-state index is 0.00708. The minimum Gasteiger partial charge on any atom is -0.369 e. The van der Waals surface area contributed by atoms with Crippen LogP contribution in [0.1, 0.15) is 31.7 Å². The normalized spacial score (nSPS) is 12.3. The van der Waals surface area contributed by atoms with E-state index in [0.717, 1.165) is 25.7 Å². The highest BCUT2D eigenvalue weighted by molar-refractivity contribution is 5.76. The Morgan fingerprint density at radius 3 is 2.53 bits per heavy atom. The van der Waals surface area contributed by atoms with Gasteiger partial charge >= 0.3 is 0 Å². The van der Waals surface area contributed by atoms with Crippen molar-refractivity contribution in [1.82, 2.24) is 0 Å². The standard InChI is InChI=1S/C13H19NO/c1-2-3-9-12(13(14)15)10-11-7-5-4-6-8-11/h4-8,12H,2-3,9-10H2,1H3,(H2,14,15)/t12-/m0/s1. The van der Waals surface area contributed by atoms with Gasteiger partial charge in [0, 0.05) is 5.92 Å². The molecule has 0 unspecified atom stereocenters. The van der Waals surface area contributed by atoms with Crippen molar-refractivity contribution in [2.45, 2.75) is 32.6 Å². The summed E-state index contributed by atoms with van der Waals surface area (Å²) in [5.41, 5.74) is 6.58. The van der Waals surface area contributed by atoms with E-state index in [0.29, 0.717) is 0 Å². The molecule has 0 radical (unpaired) electrons. The van der Waals surface area contributed by atoms with Gasteiger partial charge in [-0.25, -0.2) is 0 Å². The Balaban J connectivity index is 2.55. The van der Waals surface area contributed by atoms with E-state index in [4.69, 9.17) is 5.73 Å². The zero-order chi connectivity index (χ0) is 11.1. The topological polar surface area (TPSA) is 43.1 Å². The first kappa shape index (κ1) is 11.8. The van der Waals surface area contributed by atoms with Gasteiger partial charge in [-0.3, -0.25) is 4.79 Å². The van der Waals surface area contributed by atoms with E-state index in [1.165, 1.54) is 5.56 Å². The van der Waals surface area contributed by atoms with E-state index in [9.17, 15) is 4.79 Å². The average molecular weight is 205 g/mol. The van der Waals surface area contributed by atoms with Crippen LogP contribution >= 0.6 is 0 Å². The predicted octanol–water partition coefficient (Wildman–Crippen LogP) is 2.52. The molecule has 0 bridgehead atoms. The number of rotatable bonds is 6. The van der Waals surface area contributed by atoms with Crippen molar-refractivity contribution in [3.05, 3.63) is 35.9 Å². The number of carbonyl (C=O) groups is 1. The lowest BCUT2D eigenvalue weighted by Gasteiger charge is -2.12. The Kier molecular flexibility index (Phi) is 4.88. The summed E-state index contributed by atoms with van der Waals surface area (Å²) >= 11 is 0. The van der Waals surface area contributed by atoms with E-state index in [2.05, 4.69) is 6.92 Å². The van der Waals surface area contributed by atoms with Gasteiger partial charge in [-0.2, -0.15) is 0 Å². The van der Waals surface area contributed by atoms with Crippen molar-refractivity contribution in [2.75, 3.05) is 0 Å². The van der Waals surface area contributed by atoms with E-state index in [1.807, 2.05) is 30.3 Å². The van der Waals surface area contributed by atoms with Crippen LogP contribution in [-0.4, -0.2) is 5.91 Å². The Bertz CT molecular complexity index is 295. The Morgan fingerprint density at radius 1 is 1.33 bits per heavy atom. The first-order valence-electron chi connectivity index (χ1n) is 5.57. The molecule has 2 nitrogen and oxygen atoms in total. The van der Waals surface area contributed by atoms with Crippen molar-refractivity contribution < 1.29 is 4.79 Å². The molecule has 15 heavy (non-hydrogen) atoms. The van der Waals surface area contributed by atoms with E-state index in [1.54, 1.807) is 0 Å². The summed E-state index contributed by atoms with van der Waals surface area (Å²) in [4.78, 5) is 11.2. The second-order valence-electron chi connectivity index (χ2n) is 3.93. The Labute approximate surface area is 91.5 Å². The maximum atomic E-state index is 11.2. The molecule has 0 aliphatic heterocycles. The summed E-state index contributed by atoms with van der Waals surface area (Å²) in [5, 5.41) is 0. The van der Waals surface area contributed by atoms with Crippen LogP contribution in [0.5, 0.6) is 0 Å². The van der Waals surface area contributed by atoms with Gasteiger partial charge in [0.2, 0.25) is 5.91 Å². The van der Waals surface area contributed by atoms with Gasteiger partial charge in [0.15, 0.2) is 0 Å². The molecule has 0 saturated heterocycles. The van der Waals surface area contributed by atoms with Crippen molar-refractivity contribution in [3.63, 3.8) is 0 Å². The summed E-state index contributed by atoms with van der Waals surface area (Å²) in [6, 6.07) is 10.1. The molecule has 1 aromatic carbocycles. The first-order valence-corrected chi connectivity index (χ1v) is 5.57. The van der Waals surface area contributed by atoms with Crippen LogP contribution < -0.4 is 5.73 Å². The molecule has 2 heteroatoms. The van der Waals surface area contributed by atoms with Crippen molar-refractivity contribution in [2.24, 2.45) is 11.7 Å². The van der Waals surface area contributed by atoms with E-state index >= 15 is 0 Å². The maximum absolute atomic E-state index is 11.2. The largest absolute Gasteiger partial charge is 0.369 e. The number of amides is 1. The highest BCUT2D eigenvalue weighted by Gasteiger charge is 2.14. The van der Waals surface area contributed by atoms with Crippen LogP contribution in [0.4, 0.5) is 0 Å². The van der Waals surface area contributed by atoms with Gasteiger partial charge < -0.3 is 5.73 Å². The van der Waals surface area contributed by atoms with Gasteiger partial charge in [0.25, 0.3) is 0 Å². The molecule has 0 fully saturated rings. The summed E-state index contributed by atoms with van der Waals surface area (Å²) in [6.07, 6.45) is 3.86. The second-order valence-corrected chi connectivity index (χ2v) is 3.93. The summed E-state index contributed by atoms with van der Waals surface area (Å²) in [6.45, 7) is 2.13. The quantitative estimate of drug-likeness (QED) is 0.762. The smallest absolute Gasteiger partial charge is 0.220 e. The lowest BCUT2D eigenvalue weighted by Crippen LogP contribution is -2.25. The molecule has 1 aromatic rings. The van der Waals surface area contributed by atoms with Crippen LogP contribution in [0, 0.1) is 5.92 Å². The van der Waals surface area contributed by atoms with Gasteiger partial charge in [0.1, 0.15) is 0 Å². The molecule has 1 amide bonds. The first-order chi connectivity index (χ1) is 7.24. The molecule has 1 rings (SSSR count). The van der Waals surface area contributed by atoms with E-state index < -0.39 is 0 Å². The molecule has 0 spiro atoms. The van der Waals surface area contributed by atoms with Gasteiger partial charge in [0.05, 0.1) is 0 Å². The molecule has 2 N–H and O–H groups in total.